The van der Waals surface area contributed by atoms with Crippen molar-refractivity contribution in [3.63, 3.8) is 0 Å². The molecule has 1 atom stereocenters. The van der Waals surface area contributed by atoms with Crippen molar-refractivity contribution in [2.24, 2.45) is 5.92 Å². The van der Waals surface area contributed by atoms with Crippen LogP contribution in [0, 0.1) is 5.92 Å². The maximum absolute atomic E-state index is 12.3. The molecule has 0 fully saturated rings. The molecule has 0 spiro atoms. The van der Waals surface area contributed by atoms with Crippen LogP contribution in [0.2, 0.25) is 0 Å². The number of rotatable bonds is 6. The number of fused-ring (bicyclic) bond motifs is 1. The van der Waals surface area contributed by atoms with Crippen LogP contribution in [-0.4, -0.2) is 39.4 Å². The number of benzene rings is 1. The Morgan fingerprint density at radius 1 is 1.36 bits per heavy atom. The van der Waals surface area contributed by atoms with Gasteiger partial charge in [0, 0.05) is 6.54 Å². The highest BCUT2D eigenvalue weighted by molar-refractivity contribution is 6.05. The summed E-state index contributed by atoms with van der Waals surface area (Å²) >= 11 is 0. The van der Waals surface area contributed by atoms with E-state index in [4.69, 9.17) is 0 Å². The van der Waals surface area contributed by atoms with Gasteiger partial charge in [0.2, 0.25) is 0 Å². The van der Waals surface area contributed by atoms with E-state index in [9.17, 15) is 9.59 Å². The van der Waals surface area contributed by atoms with E-state index in [-0.39, 0.29) is 35.2 Å². The molecule has 1 aliphatic heterocycles. The highest BCUT2D eigenvalue weighted by Crippen LogP contribution is 2.15. The zero-order valence-corrected chi connectivity index (χ0v) is 14.5. The van der Waals surface area contributed by atoms with Crippen LogP contribution in [0.3, 0.4) is 0 Å². The van der Waals surface area contributed by atoms with Gasteiger partial charge in [-0.2, -0.15) is 0 Å². The number of hydrogen-bond donors (Lipinski definition) is 2. The molecule has 7 heteroatoms. The van der Waals surface area contributed by atoms with Crippen LogP contribution in [0.5, 0.6) is 0 Å². The van der Waals surface area contributed by atoms with Gasteiger partial charge in [0.15, 0.2) is 11.4 Å². The molecule has 0 aliphatic carbocycles. The Labute approximate surface area is 146 Å². The fraction of sp³-hybridized carbons (Fsp3) is 0.444. The van der Waals surface area contributed by atoms with Crippen LogP contribution in [0.1, 0.15) is 46.8 Å². The number of amides is 2. The molecule has 0 radical (unpaired) electrons. The lowest BCUT2D eigenvalue weighted by Gasteiger charge is -2.27. The Balaban J connectivity index is 1.58. The first-order valence-electron chi connectivity index (χ1n) is 8.62. The van der Waals surface area contributed by atoms with E-state index >= 15 is 0 Å². The van der Waals surface area contributed by atoms with Gasteiger partial charge in [-0.05, 0) is 24.3 Å². The summed E-state index contributed by atoms with van der Waals surface area (Å²) in [6.07, 6.45) is 1.71. The molecule has 1 unspecified atom stereocenters. The van der Waals surface area contributed by atoms with Crippen LogP contribution in [0.15, 0.2) is 30.3 Å². The number of aryl methyl sites for hydroxylation is 1. The first-order valence-corrected chi connectivity index (χ1v) is 8.62. The summed E-state index contributed by atoms with van der Waals surface area (Å²) in [4.78, 5) is 24.7. The fourth-order valence-corrected chi connectivity index (χ4v) is 2.89. The zero-order chi connectivity index (χ0) is 17.8. The van der Waals surface area contributed by atoms with Gasteiger partial charge < -0.3 is 10.6 Å². The molecule has 2 N–H and O–H groups in total. The monoisotopic (exact) mass is 341 g/mol. The van der Waals surface area contributed by atoms with E-state index in [0.717, 1.165) is 12.8 Å². The molecular formula is C18H23N5O2. The van der Waals surface area contributed by atoms with Crippen molar-refractivity contribution in [3.8, 4) is 0 Å². The minimum Gasteiger partial charge on any atom is -0.351 e. The van der Waals surface area contributed by atoms with E-state index in [1.54, 1.807) is 0 Å². The molecule has 0 saturated heterocycles. The molecule has 0 bridgehead atoms. The van der Waals surface area contributed by atoms with Crippen LogP contribution in [0.25, 0.3) is 0 Å². The van der Waals surface area contributed by atoms with Crippen LogP contribution < -0.4 is 10.6 Å². The van der Waals surface area contributed by atoms with Gasteiger partial charge in [-0.1, -0.05) is 49.4 Å². The van der Waals surface area contributed by atoms with Gasteiger partial charge in [0.05, 0.1) is 12.6 Å². The van der Waals surface area contributed by atoms with Crippen LogP contribution >= 0.6 is 0 Å². The normalized spacial score (nSPS) is 16.4. The highest BCUT2D eigenvalue weighted by atomic mass is 16.2. The quantitative estimate of drug-likeness (QED) is 0.778. The Bertz CT molecular complexity index is 754. The van der Waals surface area contributed by atoms with Crippen LogP contribution in [-0.2, 0) is 13.0 Å². The van der Waals surface area contributed by atoms with E-state index in [2.05, 4.69) is 33.1 Å². The topological polar surface area (TPSA) is 88.9 Å². The molecule has 2 aromatic rings. The van der Waals surface area contributed by atoms with E-state index in [1.165, 1.54) is 10.2 Å². The van der Waals surface area contributed by atoms with Crippen LogP contribution in [0.4, 0.5) is 0 Å². The number of carbonyl (C=O) groups is 2. The summed E-state index contributed by atoms with van der Waals surface area (Å²) in [5.74, 6) is -0.353. The summed E-state index contributed by atoms with van der Waals surface area (Å²) in [5, 5.41) is 13.6. The van der Waals surface area contributed by atoms with E-state index < -0.39 is 0 Å². The molecule has 132 valence electrons. The average molecular weight is 341 g/mol. The third kappa shape index (κ3) is 3.87. The summed E-state index contributed by atoms with van der Waals surface area (Å²) in [6.45, 7) is 5.13. The summed E-state index contributed by atoms with van der Waals surface area (Å²) in [6, 6.07) is 10.1. The SMILES string of the molecule is CC(C)C1Cn2nnc(C(=O)NCCCc3ccccc3)c2C(=O)N1. The molecule has 7 nitrogen and oxygen atoms in total. The van der Waals surface area contributed by atoms with Gasteiger partial charge in [0.25, 0.3) is 11.8 Å². The molecule has 2 amide bonds. The van der Waals surface area contributed by atoms with Crippen molar-refractivity contribution in [1.82, 2.24) is 25.6 Å². The van der Waals surface area contributed by atoms with Crippen molar-refractivity contribution in [2.45, 2.75) is 39.3 Å². The van der Waals surface area contributed by atoms with Crippen molar-refractivity contribution < 1.29 is 9.59 Å². The Kier molecular flexibility index (Phi) is 5.11. The van der Waals surface area contributed by atoms with Gasteiger partial charge in [-0.15, -0.1) is 5.10 Å². The zero-order valence-electron chi connectivity index (χ0n) is 14.5. The summed E-state index contributed by atoms with van der Waals surface area (Å²) in [7, 11) is 0. The number of aromatic nitrogens is 3. The van der Waals surface area contributed by atoms with Gasteiger partial charge in [-0.25, -0.2) is 4.68 Å². The lowest BCUT2D eigenvalue weighted by molar-refractivity contribution is 0.0861. The second kappa shape index (κ2) is 7.46. The van der Waals surface area contributed by atoms with Gasteiger partial charge in [-0.3, -0.25) is 9.59 Å². The predicted molar refractivity (Wildman–Crippen MR) is 93.2 cm³/mol. The first-order chi connectivity index (χ1) is 12.1. The third-order valence-electron chi connectivity index (χ3n) is 4.43. The first kappa shape index (κ1) is 17.1. The smallest absolute Gasteiger partial charge is 0.274 e. The van der Waals surface area contributed by atoms with Gasteiger partial charge >= 0.3 is 0 Å². The number of nitrogens with one attached hydrogen (secondary N) is 2. The maximum Gasteiger partial charge on any atom is 0.274 e. The lowest BCUT2D eigenvalue weighted by atomic mass is 10.0. The largest absolute Gasteiger partial charge is 0.351 e. The second-order valence-electron chi connectivity index (χ2n) is 6.64. The molecule has 25 heavy (non-hydrogen) atoms. The minimum atomic E-state index is -0.354. The summed E-state index contributed by atoms with van der Waals surface area (Å²) in [5.41, 5.74) is 1.58. The molecule has 0 saturated carbocycles. The molecule has 2 heterocycles. The molecule has 1 aliphatic rings. The van der Waals surface area contributed by atoms with Crippen molar-refractivity contribution in [2.75, 3.05) is 6.54 Å². The third-order valence-corrected chi connectivity index (χ3v) is 4.43. The maximum atomic E-state index is 12.3. The van der Waals surface area contributed by atoms with Crippen molar-refractivity contribution >= 4 is 11.8 Å². The number of hydrogen-bond acceptors (Lipinski definition) is 4. The van der Waals surface area contributed by atoms with E-state index in [0.29, 0.717) is 13.1 Å². The minimum absolute atomic E-state index is 0.00323. The average Bonchev–Trinajstić information content (AvgIpc) is 3.04. The van der Waals surface area contributed by atoms with Gasteiger partial charge in [0.1, 0.15) is 0 Å². The highest BCUT2D eigenvalue weighted by Gasteiger charge is 2.32. The number of nitrogens with zero attached hydrogens (tertiary/aromatic N) is 3. The van der Waals surface area contributed by atoms with Crippen molar-refractivity contribution in [1.29, 1.82) is 0 Å². The molecular weight excluding hydrogens is 318 g/mol. The Morgan fingerprint density at radius 2 is 2.12 bits per heavy atom. The summed E-state index contributed by atoms with van der Waals surface area (Å²) < 4.78 is 1.53. The molecule has 1 aromatic carbocycles. The standard InChI is InChI=1S/C18H23N5O2/c1-12(2)14-11-23-16(18(25)20-14)15(21-22-23)17(24)19-10-6-9-13-7-4-3-5-8-13/h3-5,7-8,12,14H,6,9-11H2,1-2H3,(H,19,24)(H,20,25). The Morgan fingerprint density at radius 3 is 2.84 bits per heavy atom. The molecule has 3 rings (SSSR count). The van der Waals surface area contributed by atoms with E-state index in [1.807, 2.05) is 32.0 Å². The molecule has 1 aromatic heterocycles. The predicted octanol–water partition coefficient (Wildman–Crippen LogP) is 1.41. The number of carbonyl (C=O) groups excluding carboxylic acids is 2. The Hall–Kier alpha value is -2.70. The lowest BCUT2D eigenvalue weighted by Crippen LogP contribution is -2.48. The fourth-order valence-electron chi connectivity index (χ4n) is 2.89. The van der Waals surface area contributed by atoms with Crippen molar-refractivity contribution in [3.05, 3.63) is 47.3 Å². The second-order valence-corrected chi connectivity index (χ2v) is 6.64.